The van der Waals surface area contributed by atoms with Gasteiger partial charge in [-0.1, -0.05) is 42.1 Å². The first-order valence-electron chi connectivity index (χ1n) is 7.75. The van der Waals surface area contributed by atoms with Gasteiger partial charge in [0.05, 0.1) is 12.5 Å². The van der Waals surface area contributed by atoms with Crippen molar-refractivity contribution in [2.24, 2.45) is 10.1 Å². The Morgan fingerprint density at radius 2 is 2.04 bits per heavy atom. The van der Waals surface area contributed by atoms with E-state index in [0.29, 0.717) is 10.9 Å². The maximum atomic E-state index is 12.7. The molecule has 2 aromatic rings. The number of carbonyl (C=O) groups is 1. The topological polar surface area (TPSA) is 66.3 Å². The van der Waals surface area contributed by atoms with Crippen molar-refractivity contribution in [1.29, 1.82) is 0 Å². The fraction of sp³-hybridized carbons (Fsp3) is 0.167. The maximum Gasteiger partial charge on any atom is 0.276 e. The predicted molar refractivity (Wildman–Crippen MR) is 97.3 cm³/mol. The third-order valence-electron chi connectivity index (χ3n) is 4.10. The molecule has 0 spiro atoms. The van der Waals surface area contributed by atoms with E-state index in [1.165, 1.54) is 11.8 Å². The molecule has 126 valence electrons. The van der Waals surface area contributed by atoms with Crippen LogP contribution in [0.1, 0.15) is 11.7 Å². The number of hydrogen-bond donors (Lipinski definition) is 1. The van der Waals surface area contributed by atoms with E-state index in [9.17, 15) is 4.79 Å². The molecule has 1 atom stereocenters. The lowest BCUT2D eigenvalue weighted by molar-refractivity contribution is -0.116. The van der Waals surface area contributed by atoms with E-state index in [1.807, 2.05) is 54.8 Å². The van der Waals surface area contributed by atoms with Gasteiger partial charge in [-0.05, 0) is 24.5 Å². The minimum Gasteiger partial charge on any atom is -0.497 e. The summed E-state index contributed by atoms with van der Waals surface area (Å²) in [6.45, 7) is 0. The van der Waals surface area contributed by atoms with Crippen LogP contribution in [0.2, 0.25) is 0 Å². The van der Waals surface area contributed by atoms with Crippen molar-refractivity contribution in [1.82, 2.24) is 10.3 Å². The SMILES string of the molecule is COc1cccc(C2N=c3ccccc3=C3C(=O)NC(SC)=NN32)c1. The van der Waals surface area contributed by atoms with E-state index in [2.05, 4.69) is 10.4 Å². The Bertz CT molecular complexity index is 1000. The molecule has 7 heteroatoms. The van der Waals surface area contributed by atoms with Crippen LogP contribution in [0.5, 0.6) is 5.75 Å². The number of para-hydroxylation sites is 1. The van der Waals surface area contributed by atoms with Crippen LogP contribution in [0.15, 0.2) is 58.6 Å². The zero-order valence-electron chi connectivity index (χ0n) is 13.8. The van der Waals surface area contributed by atoms with Crippen molar-refractivity contribution in [3.63, 3.8) is 0 Å². The average Bonchev–Trinajstić information content (AvgIpc) is 2.66. The van der Waals surface area contributed by atoms with E-state index >= 15 is 0 Å². The van der Waals surface area contributed by atoms with Crippen LogP contribution in [0, 0.1) is 0 Å². The smallest absolute Gasteiger partial charge is 0.276 e. The summed E-state index contributed by atoms with van der Waals surface area (Å²) in [6, 6.07) is 15.3. The number of fused-ring (bicyclic) bond motifs is 2. The zero-order valence-corrected chi connectivity index (χ0v) is 14.6. The van der Waals surface area contributed by atoms with Crippen LogP contribution >= 0.6 is 11.8 Å². The summed E-state index contributed by atoms with van der Waals surface area (Å²) >= 11 is 1.39. The highest BCUT2D eigenvalue weighted by molar-refractivity contribution is 8.13. The lowest BCUT2D eigenvalue weighted by atomic mass is 10.1. The summed E-state index contributed by atoms with van der Waals surface area (Å²) in [5.74, 6) is 0.568. The van der Waals surface area contributed by atoms with E-state index in [4.69, 9.17) is 9.73 Å². The first kappa shape index (κ1) is 15.7. The van der Waals surface area contributed by atoms with Crippen molar-refractivity contribution in [2.75, 3.05) is 13.4 Å². The molecule has 0 aromatic heterocycles. The lowest BCUT2D eigenvalue weighted by Crippen LogP contribution is -2.50. The standard InChI is InChI=1S/C18H16N4O2S/c1-24-12-7-5-6-11(10-12)16-19-14-9-4-3-8-13(14)15-17(23)20-18(25-2)21-22(15)16/h3-10,16H,1-2H3,(H,20,21,23). The molecule has 2 aromatic carbocycles. The average molecular weight is 352 g/mol. The monoisotopic (exact) mass is 352 g/mol. The molecule has 6 nitrogen and oxygen atoms in total. The fourth-order valence-corrected chi connectivity index (χ4v) is 3.30. The van der Waals surface area contributed by atoms with Gasteiger partial charge in [0.1, 0.15) is 11.4 Å². The van der Waals surface area contributed by atoms with Gasteiger partial charge < -0.3 is 4.74 Å². The Kier molecular flexibility index (Phi) is 3.93. The number of hydrazone groups is 1. The van der Waals surface area contributed by atoms with E-state index in [-0.39, 0.29) is 5.91 Å². The molecule has 0 radical (unpaired) electrons. The van der Waals surface area contributed by atoms with Crippen LogP contribution in [-0.2, 0) is 4.79 Å². The summed E-state index contributed by atoms with van der Waals surface area (Å²) in [4.78, 5) is 17.5. The third kappa shape index (κ3) is 2.66. The first-order chi connectivity index (χ1) is 12.2. The van der Waals surface area contributed by atoms with Crippen LogP contribution in [0.4, 0.5) is 0 Å². The molecule has 2 aliphatic rings. The molecule has 0 saturated carbocycles. The molecular weight excluding hydrogens is 336 g/mol. The van der Waals surface area contributed by atoms with Gasteiger partial charge >= 0.3 is 0 Å². The van der Waals surface area contributed by atoms with E-state index in [0.717, 1.165) is 21.9 Å². The van der Waals surface area contributed by atoms with Gasteiger partial charge in [0.25, 0.3) is 5.91 Å². The van der Waals surface area contributed by atoms with Crippen molar-refractivity contribution in [3.05, 3.63) is 64.7 Å². The maximum absolute atomic E-state index is 12.7. The summed E-state index contributed by atoms with van der Waals surface area (Å²) in [5, 5.41) is 11.2. The number of benzene rings is 2. The van der Waals surface area contributed by atoms with E-state index < -0.39 is 6.17 Å². The van der Waals surface area contributed by atoms with Crippen LogP contribution in [-0.4, -0.2) is 29.4 Å². The zero-order chi connectivity index (χ0) is 17.4. The molecule has 0 aliphatic carbocycles. The van der Waals surface area contributed by atoms with Crippen molar-refractivity contribution in [3.8, 4) is 5.75 Å². The normalized spacial score (nSPS) is 18.6. The number of amidine groups is 1. The lowest BCUT2D eigenvalue weighted by Gasteiger charge is -2.33. The van der Waals surface area contributed by atoms with Gasteiger partial charge in [-0.25, -0.2) is 5.01 Å². The second-order valence-corrected chi connectivity index (χ2v) is 6.35. The van der Waals surface area contributed by atoms with Crippen LogP contribution in [0.3, 0.4) is 0 Å². The number of methoxy groups -OCH3 is 1. The summed E-state index contributed by atoms with van der Waals surface area (Å²) in [7, 11) is 1.63. The van der Waals surface area contributed by atoms with Gasteiger partial charge in [0.15, 0.2) is 11.3 Å². The Hall–Kier alpha value is -2.80. The van der Waals surface area contributed by atoms with Crippen LogP contribution in [0.25, 0.3) is 5.70 Å². The number of amides is 1. The Morgan fingerprint density at radius 3 is 2.84 bits per heavy atom. The Balaban J connectivity index is 1.97. The molecule has 0 bridgehead atoms. The predicted octanol–water partition coefficient (Wildman–Crippen LogP) is 1.20. The third-order valence-corrected chi connectivity index (χ3v) is 4.67. The molecule has 2 heterocycles. The molecule has 25 heavy (non-hydrogen) atoms. The molecule has 1 unspecified atom stereocenters. The van der Waals surface area contributed by atoms with Gasteiger partial charge in [0, 0.05) is 10.8 Å². The number of ether oxygens (including phenoxy) is 1. The number of nitrogens with one attached hydrogen (secondary N) is 1. The van der Waals surface area contributed by atoms with Gasteiger partial charge in [-0.15, -0.1) is 5.10 Å². The largest absolute Gasteiger partial charge is 0.497 e. The highest BCUT2D eigenvalue weighted by atomic mass is 32.2. The van der Waals surface area contributed by atoms with Crippen molar-refractivity contribution >= 4 is 28.5 Å². The molecule has 2 aliphatic heterocycles. The first-order valence-corrected chi connectivity index (χ1v) is 8.98. The molecule has 1 amide bonds. The number of rotatable bonds is 2. The number of nitrogens with zero attached hydrogens (tertiary/aromatic N) is 3. The Labute approximate surface area is 148 Å². The summed E-state index contributed by atoms with van der Waals surface area (Å²) in [5.41, 5.74) is 1.42. The van der Waals surface area contributed by atoms with Crippen molar-refractivity contribution in [2.45, 2.75) is 6.17 Å². The highest BCUT2D eigenvalue weighted by Gasteiger charge is 2.34. The molecule has 0 fully saturated rings. The molecule has 0 saturated heterocycles. The number of carbonyl (C=O) groups excluding carboxylic acids is 1. The van der Waals surface area contributed by atoms with Gasteiger partial charge in [-0.3, -0.25) is 15.1 Å². The second-order valence-electron chi connectivity index (χ2n) is 5.55. The number of thioether (sulfide) groups is 1. The molecular formula is C18H16N4O2S. The quantitative estimate of drug-likeness (QED) is 0.882. The minimum absolute atomic E-state index is 0.172. The van der Waals surface area contributed by atoms with Crippen molar-refractivity contribution < 1.29 is 9.53 Å². The van der Waals surface area contributed by atoms with E-state index in [1.54, 1.807) is 12.1 Å². The summed E-state index contributed by atoms with van der Waals surface area (Å²) < 4.78 is 5.33. The Morgan fingerprint density at radius 1 is 1.20 bits per heavy atom. The molecule has 4 rings (SSSR count). The van der Waals surface area contributed by atoms with Gasteiger partial charge in [0.2, 0.25) is 0 Å². The molecule has 1 N–H and O–H groups in total. The van der Waals surface area contributed by atoms with Crippen LogP contribution < -0.4 is 20.6 Å². The minimum atomic E-state index is -0.423. The number of hydrogen-bond acceptors (Lipinski definition) is 6. The second kappa shape index (κ2) is 6.25. The summed E-state index contributed by atoms with van der Waals surface area (Å²) in [6.07, 6.45) is 1.45. The van der Waals surface area contributed by atoms with Gasteiger partial charge in [-0.2, -0.15) is 0 Å². The fourth-order valence-electron chi connectivity index (χ4n) is 2.94. The highest BCUT2D eigenvalue weighted by Crippen LogP contribution is 2.31.